The molecule has 2 aromatic carbocycles. The zero-order chi connectivity index (χ0) is 15.5. The van der Waals surface area contributed by atoms with Crippen LogP contribution in [0.25, 0.3) is 10.8 Å². The van der Waals surface area contributed by atoms with E-state index in [1.54, 1.807) is 12.1 Å². The van der Waals surface area contributed by atoms with Gasteiger partial charge in [0, 0.05) is 5.56 Å². The first kappa shape index (κ1) is 13.6. The number of hydrogen-bond donors (Lipinski definition) is 4. The molecule has 3 aromatic rings. The number of aromatic nitrogens is 3. The molecule has 4 N–H and O–H groups in total. The molecule has 22 heavy (non-hydrogen) atoms. The van der Waals surface area contributed by atoms with Crippen LogP contribution in [0.3, 0.4) is 0 Å². The third-order valence-electron chi connectivity index (χ3n) is 3.02. The zero-order valence-corrected chi connectivity index (χ0v) is 11.2. The average molecular weight is 297 g/mol. The van der Waals surface area contributed by atoms with E-state index in [2.05, 4.69) is 20.7 Å². The van der Waals surface area contributed by atoms with Crippen molar-refractivity contribution in [2.75, 3.05) is 5.43 Å². The Morgan fingerprint density at radius 3 is 2.82 bits per heavy atom. The number of rotatable bonds is 3. The Morgan fingerprint density at radius 2 is 2.00 bits per heavy atom. The molecule has 0 spiro atoms. The van der Waals surface area contributed by atoms with Gasteiger partial charge in [-0.3, -0.25) is 15.2 Å². The summed E-state index contributed by atoms with van der Waals surface area (Å²) >= 11 is 0. The van der Waals surface area contributed by atoms with Crippen LogP contribution in [-0.2, 0) is 0 Å². The Kier molecular flexibility index (Phi) is 3.40. The van der Waals surface area contributed by atoms with Crippen LogP contribution in [0.15, 0.2) is 51.1 Å². The summed E-state index contributed by atoms with van der Waals surface area (Å²) in [4.78, 5) is 24.3. The Bertz CT molecular complexity index is 974. The third-order valence-corrected chi connectivity index (χ3v) is 3.02. The molecule has 0 radical (unpaired) electrons. The van der Waals surface area contributed by atoms with E-state index in [9.17, 15) is 14.7 Å². The summed E-state index contributed by atoms with van der Waals surface area (Å²) in [6.45, 7) is 0. The Balaban J connectivity index is 1.94. The molecule has 0 bridgehead atoms. The smallest absolute Gasteiger partial charge is 0.342 e. The number of nitrogens with zero attached hydrogens (tertiary/aromatic N) is 2. The van der Waals surface area contributed by atoms with Gasteiger partial charge in [0.25, 0.3) is 5.56 Å². The number of phenolic OH excluding ortho intramolecular Hbond substituents is 1. The fraction of sp³-hybridized carbons (Fsp3) is 0. The Labute approximate surface area is 123 Å². The molecule has 8 heteroatoms. The fourth-order valence-electron chi connectivity index (χ4n) is 2.00. The second-order valence-corrected chi connectivity index (χ2v) is 4.44. The van der Waals surface area contributed by atoms with E-state index in [0.29, 0.717) is 5.56 Å². The number of hydrogen-bond acceptors (Lipinski definition) is 6. The predicted octanol–water partition coefficient (Wildman–Crippen LogP) is 0.763. The first-order valence-corrected chi connectivity index (χ1v) is 6.34. The number of benzene rings is 2. The second-order valence-electron chi connectivity index (χ2n) is 4.44. The largest absolute Gasteiger partial charge is 0.507 e. The molecule has 0 saturated heterocycles. The summed E-state index contributed by atoms with van der Waals surface area (Å²) in [6, 6.07) is 10.9. The lowest BCUT2D eigenvalue weighted by molar-refractivity contribution is 0.475. The van der Waals surface area contributed by atoms with Crippen molar-refractivity contribution in [3.05, 3.63) is 62.8 Å². The van der Waals surface area contributed by atoms with Gasteiger partial charge in [-0.25, -0.2) is 9.89 Å². The quantitative estimate of drug-likeness (QED) is 0.420. The van der Waals surface area contributed by atoms with E-state index < -0.39 is 11.2 Å². The molecule has 0 aliphatic heterocycles. The molecule has 0 fully saturated rings. The van der Waals surface area contributed by atoms with E-state index in [1.807, 2.05) is 29.2 Å². The van der Waals surface area contributed by atoms with Gasteiger partial charge >= 0.3 is 5.69 Å². The van der Waals surface area contributed by atoms with Crippen LogP contribution < -0.4 is 16.7 Å². The number of anilines is 1. The summed E-state index contributed by atoms with van der Waals surface area (Å²) in [5.41, 5.74) is 1.53. The summed E-state index contributed by atoms with van der Waals surface area (Å²) in [6.07, 6.45) is 1.38. The summed E-state index contributed by atoms with van der Waals surface area (Å²) in [7, 11) is 0. The predicted molar refractivity (Wildman–Crippen MR) is 82.3 cm³/mol. The standard InChI is InChI=1S/C14H11N5O3/c20-11-6-5-8-3-1-2-4-9(8)10(11)7-15-17-12-13(21)16-14(22)19-18-12/h1-7,20H,(H,17,18)(H2,16,19,21,22). The van der Waals surface area contributed by atoms with Gasteiger partial charge in [-0.05, 0) is 16.8 Å². The Morgan fingerprint density at radius 1 is 1.18 bits per heavy atom. The minimum absolute atomic E-state index is 0.0626. The molecule has 0 aliphatic rings. The van der Waals surface area contributed by atoms with E-state index in [4.69, 9.17) is 0 Å². The second kappa shape index (κ2) is 5.52. The normalized spacial score (nSPS) is 11.1. The highest BCUT2D eigenvalue weighted by Crippen LogP contribution is 2.25. The highest BCUT2D eigenvalue weighted by molar-refractivity contribution is 6.02. The average Bonchev–Trinajstić information content (AvgIpc) is 2.51. The summed E-state index contributed by atoms with van der Waals surface area (Å²) in [5.74, 6) is -0.0943. The fourth-order valence-corrected chi connectivity index (χ4v) is 2.00. The molecule has 0 aliphatic carbocycles. The van der Waals surface area contributed by atoms with Crippen molar-refractivity contribution in [3.63, 3.8) is 0 Å². The van der Waals surface area contributed by atoms with Gasteiger partial charge in [0.05, 0.1) is 6.21 Å². The number of H-pyrrole nitrogens is 2. The maximum absolute atomic E-state index is 11.4. The molecule has 0 amide bonds. The van der Waals surface area contributed by atoms with Crippen LogP contribution in [0.4, 0.5) is 5.82 Å². The van der Waals surface area contributed by atoms with Gasteiger partial charge < -0.3 is 5.11 Å². The van der Waals surface area contributed by atoms with Gasteiger partial charge in [0.2, 0.25) is 5.82 Å². The number of phenols is 1. The lowest BCUT2D eigenvalue weighted by Gasteiger charge is -2.04. The monoisotopic (exact) mass is 297 g/mol. The number of aromatic amines is 2. The van der Waals surface area contributed by atoms with Crippen LogP contribution in [0.5, 0.6) is 5.75 Å². The highest BCUT2D eigenvalue weighted by Gasteiger charge is 2.04. The van der Waals surface area contributed by atoms with Gasteiger partial charge in [0.15, 0.2) is 0 Å². The Hall–Kier alpha value is -3.42. The van der Waals surface area contributed by atoms with Crippen LogP contribution in [-0.4, -0.2) is 26.5 Å². The van der Waals surface area contributed by atoms with Gasteiger partial charge in [0.1, 0.15) is 5.75 Å². The van der Waals surface area contributed by atoms with E-state index in [0.717, 1.165) is 10.8 Å². The van der Waals surface area contributed by atoms with Gasteiger partial charge in [-0.2, -0.15) is 5.10 Å². The van der Waals surface area contributed by atoms with Gasteiger partial charge in [-0.1, -0.05) is 30.3 Å². The van der Waals surface area contributed by atoms with E-state index in [1.165, 1.54) is 6.21 Å². The maximum atomic E-state index is 11.4. The molecule has 8 nitrogen and oxygen atoms in total. The molecular weight excluding hydrogens is 286 g/mol. The third kappa shape index (κ3) is 2.57. The molecule has 3 rings (SSSR count). The summed E-state index contributed by atoms with van der Waals surface area (Å²) in [5, 5.41) is 21.2. The van der Waals surface area contributed by atoms with Gasteiger partial charge in [-0.15, -0.1) is 5.10 Å². The zero-order valence-electron chi connectivity index (χ0n) is 11.2. The molecule has 1 heterocycles. The van der Waals surface area contributed by atoms with Crippen LogP contribution in [0, 0.1) is 0 Å². The van der Waals surface area contributed by atoms with E-state index in [-0.39, 0.29) is 11.6 Å². The van der Waals surface area contributed by atoms with Crippen LogP contribution in [0.2, 0.25) is 0 Å². The number of hydrazone groups is 1. The summed E-state index contributed by atoms with van der Waals surface area (Å²) < 4.78 is 0. The minimum Gasteiger partial charge on any atom is -0.507 e. The minimum atomic E-state index is -0.703. The first-order chi connectivity index (χ1) is 10.6. The van der Waals surface area contributed by atoms with Crippen LogP contribution >= 0.6 is 0 Å². The molecule has 0 atom stereocenters. The number of aromatic hydroxyl groups is 1. The topological polar surface area (TPSA) is 123 Å². The molecule has 0 saturated carbocycles. The highest BCUT2D eigenvalue weighted by atomic mass is 16.3. The lowest BCUT2D eigenvalue weighted by atomic mass is 10.0. The first-order valence-electron chi connectivity index (χ1n) is 6.34. The van der Waals surface area contributed by atoms with Crippen molar-refractivity contribution in [2.24, 2.45) is 5.10 Å². The van der Waals surface area contributed by atoms with Crippen molar-refractivity contribution in [2.45, 2.75) is 0 Å². The van der Waals surface area contributed by atoms with Crippen molar-refractivity contribution >= 4 is 22.8 Å². The molecule has 110 valence electrons. The van der Waals surface area contributed by atoms with Crippen molar-refractivity contribution in [3.8, 4) is 5.75 Å². The maximum Gasteiger partial charge on any atom is 0.342 e. The van der Waals surface area contributed by atoms with Crippen molar-refractivity contribution in [1.29, 1.82) is 0 Å². The van der Waals surface area contributed by atoms with Crippen molar-refractivity contribution in [1.82, 2.24) is 15.2 Å². The van der Waals surface area contributed by atoms with Crippen molar-refractivity contribution < 1.29 is 5.11 Å². The van der Waals surface area contributed by atoms with Crippen LogP contribution in [0.1, 0.15) is 5.56 Å². The number of fused-ring (bicyclic) bond motifs is 1. The molecular formula is C14H11N5O3. The molecule has 0 unspecified atom stereocenters. The number of nitrogens with one attached hydrogen (secondary N) is 3. The SMILES string of the molecule is O=c1[nH]nc(NN=Cc2c(O)ccc3ccccc23)c(=O)[nH]1. The molecule has 1 aromatic heterocycles. The lowest BCUT2D eigenvalue weighted by Crippen LogP contribution is -2.25. The van der Waals surface area contributed by atoms with E-state index >= 15 is 0 Å².